The zero-order valence-corrected chi connectivity index (χ0v) is 8.40. The first-order valence-corrected chi connectivity index (χ1v) is 5.26. The molecule has 0 fully saturated rings. The Morgan fingerprint density at radius 1 is 1.31 bits per heavy atom. The number of nitrogens with two attached hydrogens (primary N) is 1. The van der Waals surface area contributed by atoms with Crippen LogP contribution in [-0.2, 0) is 10.2 Å². The Labute approximate surface area is 78.3 Å². The fourth-order valence-corrected chi connectivity index (χ4v) is 1.45. The monoisotopic (exact) mass is 203 g/mol. The molecule has 0 aromatic carbocycles. The molecule has 0 aliphatic carbocycles. The molecule has 0 saturated heterocycles. The maximum atomic E-state index is 10.9. The third kappa shape index (κ3) is 2.55. The molecule has 2 N–H and O–H groups in total. The van der Waals surface area contributed by atoms with Crippen LogP contribution in [0.15, 0.2) is 24.6 Å². The molecule has 74 valence electrons. The number of nitrogens with zero attached hydrogens (tertiary/aromatic N) is 2. The zero-order chi connectivity index (χ0) is 10.1. The minimum Gasteiger partial charge on any atom is -0.299 e. The molecule has 0 amide bonds. The number of likely N-dealkylation sites (N-methyl/N-ethyl adjacent to an activating group) is 1. The van der Waals surface area contributed by atoms with Gasteiger partial charge in [-0.1, -0.05) is 0 Å². The van der Waals surface area contributed by atoms with E-state index < -0.39 is 10.2 Å². The van der Waals surface area contributed by atoms with Gasteiger partial charge >= 0.3 is 10.2 Å². The highest BCUT2D eigenvalue weighted by Crippen LogP contribution is 2.09. The van der Waals surface area contributed by atoms with Gasteiger partial charge in [0, 0.05) is 18.4 Å². The second-order valence-corrected chi connectivity index (χ2v) is 4.46. The lowest BCUT2D eigenvalue weighted by Crippen LogP contribution is -2.33. The van der Waals surface area contributed by atoms with Crippen LogP contribution in [0.25, 0.3) is 0 Å². The average Bonchev–Trinajstić information content (AvgIpc) is 2.03. The molecule has 0 saturated carbocycles. The van der Waals surface area contributed by atoms with Crippen molar-refractivity contribution < 1.29 is 8.42 Å². The lowest BCUT2D eigenvalue weighted by Gasteiger charge is -2.23. The fourth-order valence-electron chi connectivity index (χ4n) is 0.974. The van der Waals surface area contributed by atoms with Gasteiger partial charge in [-0.05, 0) is 26.2 Å². The van der Waals surface area contributed by atoms with Gasteiger partial charge in [-0.2, -0.15) is 8.42 Å². The van der Waals surface area contributed by atoms with Gasteiger partial charge in [-0.25, -0.2) is 9.44 Å². The van der Waals surface area contributed by atoms with Gasteiger partial charge < -0.3 is 0 Å². The van der Waals surface area contributed by atoms with E-state index >= 15 is 0 Å². The Bertz CT molecular complexity index is 318. The Balaban J connectivity index is 2.75. The molecule has 1 rings (SSSR count). The first-order chi connectivity index (χ1) is 5.91. The van der Waals surface area contributed by atoms with Crippen LogP contribution in [-0.4, -0.2) is 37.8 Å². The van der Waals surface area contributed by atoms with Crippen molar-refractivity contribution in [1.82, 2.24) is 9.21 Å². The van der Waals surface area contributed by atoms with Gasteiger partial charge in [-0.3, -0.25) is 4.90 Å². The number of hydrogen-bond acceptors (Lipinski definition) is 3. The Morgan fingerprint density at radius 3 is 2.08 bits per heavy atom. The summed E-state index contributed by atoms with van der Waals surface area (Å²) in [5.41, 5.74) is 0. The fraction of sp³-hybridized carbons (Fsp3) is 0.429. The molecule has 5 nitrogen and oxygen atoms in total. The highest BCUT2D eigenvalue weighted by Gasteiger charge is 2.14. The number of rotatable bonds is 2. The van der Waals surface area contributed by atoms with Gasteiger partial charge in [-0.15, -0.1) is 0 Å². The molecular weight excluding hydrogens is 190 g/mol. The van der Waals surface area contributed by atoms with Crippen molar-refractivity contribution in [2.45, 2.75) is 6.04 Å². The Morgan fingerprint density at radius 2 is 1.77 bits per heavy atom. The van der Waals surface area contributed by atoms with Crippen molar-refractivity contribution in [1.29, 1.82) is 0 Å². The second kappa shape index (κ2) is 3.49. The van der Waals surface area contributed by atoms with Gasteiger partial charge in [0.2, 0.25) is 0 Å². The van der Waals surface area contributed by atoms with E-state index in [1.165, 1.54) is 12.4 Å². The van der Waals surface area contributed by atoms with Crippen LogP contribution < -0.4 is 5.14 Å². The smallest absolute Gasteiger partial charge is 0.299 e. The molecule has 0 unspecified atom stereocenters. The summed E-state index contributed by atoms with van der Waals surface area (Å²) in [5.74, 6) is 0. The largest absolute Gasteiger partial charge is 0.302 e. The maximum Gasteiger partial charge on any atom is 0.302 e. The van der Waals surface area contributed by atoms with Gasteiger partial charge in [0.25, 0.3) is 0 Å². The van der Waals surface area contributed by atoms with Crippen LogP contribution in [0.4, 0.5) is 0 Å². The quantitative estimate of drug-likeness (QED) is 0.655. The SMILES string of the molecule is CN(C)C1C=CN(S(N)(=O)=O)C=C1. The van der Waals surface area contributed by atoms with Crippen LogP contribution >= 0.6 is 0 Å². The van der Waals surface area contributed by atoms with E-state index in [1.807, 2.05) is 19.0 Å². The zero-order valence-electron chi connectivity index (χ0n) is 7.58. The Kier molecular flexibility index (Phi) is 2.74. The van der Waals surface area contributed by atoms with Gasteiger partial charge in [0.05, 0.1) is 0 Å². The van der Waals surface area contributed by atoms with Crippen molar-refractivity contribution in [2.75, 3.05) is 14.1 Å². The summed E-state index contributed by atoms with van der Waals surface area (Å²) in [6.07, 6.45) is 6.40. The summed E-state index contributed by atoms with van der Waals surface area (Å²) < 4.78 is 22.7. The molecular formula is C7H13N3O2S. The van der Waals surface area contributed by atoms with Crippen LogP contribution in [0.3, 0.4) is 0 Å². The topological polar surface area (TPSA) is 66.6 Å². The third-order valence-corrected chi connectivity index (χ3v) is 2.58. The van der Waals surface area contributed by atoms with E-state index in [0.717, 1.165) is 4.31 Å². The molecule has 1 heterocycles. The van der Waals surface area contributed by atoms with Crippen molar-refractivity contribution in [3.8, 4) is 0 Å². The van der Waals surface area contributed by atoms with E-state index in [-0.39, 0.29) is 6.04 Å². The predicted octanol–water partition coefficient (Wildman–Crippen LogP) is -0.537. The first kappa shape index (κ1) is 10.2. The molecule has 0 spiro atoms. The van der Waals surface area contributed by atoms with Crippen LogP contribution in [0.5, 0.6) is 0 Å². The highest BCUT2D eigenvalue weighted by atomic mass is 32.2. The lowest BCUT2D eigenvalue weighted by molar-refractivity contribution is 0.383. The summed E-state index contributed by atoms with van der Waals surface area (Å²) in [5, 5.41) is 4.91. The second-order valence-electron chi connectivity index (χ2n) is 3.01. The molecule has 0 atom stereocenters. The highest BCUT2D eigenvalue weighted by molar-refractivity contribution is 7.87. The van der Waals surface area contributed by atoms with E-state index in [1.54, 1.807) is 12.2 Å². The predicted molar refractivity (Wildman–Crippen MR) is 50.7 cm³/mol. The maximum absolute atomic E-state index is 10.9. The molecule has 0 bridgehead atoms. The summed E-state index contributed by atoms with van der Waals surface area (Å²) in [6.45, 7) is 0. The van der Waals surface area contributed by atoms with E-state index in [9.17, 15) is 8.42 Å². The van der Waals surface area contributed by atoms with E-state index in [0.29, 0.717) is 0 Å². The molecule has 6 heteroatoms. The van der Waals surface area contributed by atoms with Crippen molar-refractivity contribution in [3.63, 3.8) is 0 Å². The molecule has 0 aromatic heterocycles. The van der Waals surface area contributed by atoms with Gasteiger partial charge in [0.1, 0.15) is 0 Å². The van der Waals surface area contributed by atoms with E-state index in [2.05, 4.69) is 0 Å². The van der Waals surface area contributed by atoms with Crippen LogP contribution in [0, 0.1) is 0 Å². The summed E-state index contributed by atoms with van der Waals surface area (Å²) >= 11 is 0. The first-order valence-electron chi connectivity index (χ1n) is 3.75. The van der Waals surface area contributed by atoms with Crippen molar-refractivity contribution in [2.24, 2.45) is 5.14 Å². The lowest BCUT2D eigenvalue weighted by atomic mass is 10.2. The van der Waals surface area contributed by atoms with Gasteiger partial charge in [0.15, 0.2) is 0 Å². The minimum atomic E-state index is -3.63. The van der Waals surface area contributed by atoms with Crippen molar-refractivity contribution >= 4 is 10.2 Å². The van der Waals surface area contributed by atoms with Crippen LogP contribution in [0.1, 0.15) is 0 Å². The normalized spacial score (nSPS) is 18.6. The molecule has 0 radical (unpaired) electrons. The van der Waals surface area contributed by atoms with Crippen molar-refractivity contribution in [3.05, 3.63) is 24.6 Å². The van der Waals surface area contributed by atoms with Crippen LogP contribution in [0.2, 0.25) is 0 Å². The average molecular weight is 203 g/mol. The molecule has 13 heavy (non-hydrogen) atoms. The summed E-state index contributed by atoms with van der Waals surface area (Å²) in [7, 11) is 0.184. The standard InChI is InChI=1S/C7H13N3O2S/c1-9(2)7-3-5-10(6-4-7)13(8,11)12/h3-7H,1-2H3,(H2,8,11,12). The third-order valence-electron chi connectivity index (χ3n) is 1.75. The molecule has 1 aliphatic rings. The van der Waals surface area contributed by atoms with E-state index in [4.69, 9.17) is 5.14 Å². The minimum absolute atomic E-state index is 0.123. The molecule has 0 aromatic rings. The molecule has 1 aliphatic heterocycles. The summed E-state index contributed by atoms with van der Waals surface area (Å²) in [4.78, 5) is 1.95. The summed E-state index contributed by atoms with van der Waals surface area (Å²) in [6, 6.07) is 0.123. The Hall–Kier alpha value is -0.850. The number of hydrogen-bond donors (Lipinski definition) is 1.